The first kappa shape index (κ1) is 12.9. The minimum absolute atomic E-state index is 0.268. The summed E-state index contributed by atoms with van der Waals surface area (Å²) in [5.74, 6) is 1.35. The molecular formula is C10H25N3. The fraction of sp³-hybridized carbons (Fsp3) is 1.00. The van der Waals surface area contributed by atoms with Crippen molar-refractivity contribution in [3.63, 3.8) is 0 Å². The van der Waals surface area contributed by atoms with Gasteiger partial charge in [0.15, 0.2) is 0 Å². The Kier molecular flexibility index (Phi) is 7.23. The highest BCUT2D eigenvalue weighted by Crippen LogP contribution is 1.90. The van der Waals surface area contributed by atoms with Gasteiger partial charge in [-0.05, 0) is 24.9 Å². The first-order chi connectivity index (χ1) is 6.06. The molecular weight excluding hydrogens is 162 g/mol. The molecule has 0 spiro atoms. The average molecular weight is 187 g/mol. The highest BCUT2D eigenvalue weighted by molar-refractivity contribution is 4.66. The van der Waals surface area contributed by atoms with Crippen LogP contribution < -0.4 is 16.4 Å². The maximum absolute atomic E-state index is 5.62. The summed E-state index contributed by atoms with van der Waals surface area (Å²) in [5, 5.41) is 6.78. The lowest BCUT2D eigenvalue weighted by Crippen LogP contribution is -2.49. The Bertz CT molecular complexity index is 101. The van der Waals surface area contributed by atoms with Gasteiger partial charge in [-0.1, -0.05) is 27.7 Å². The smallest absolute Gasteiger partial charge is 0.0698 e. The molecule has 0 aliphatic rings. The van der Waals surface area contributed by atoms with Gasteiger partial charge in [-0.2, -0.15) is 0 Å². The van der Waals surface area contributed by atoms with Gasteiger partial charge in [0.1, 0.15) is 0 Å². The molecule has 80 valence electrons. The standard InChI is InChI=1S/C10H25N3/c1-8(2)6-12-10(5-11)13-7-9(3)4/h8-10,12-13H,5-7,11H2,1-4H3. The Labute approximate surface area is 82.5 Å². The molecule has 0 amide bonds. The second kappa shape index (κ2) is 7.30. The van der Waals surface area contributed by atoms with E-state index in [1.165, 1.54) is 0 Å². The Balaban J connectivity index is 3.51. The topological polar surface area (TPSA) is 50.1 Å². The van der Waals surface area contributed by atoms with Gasteiger partial charge in [0, 0.05) is 6.54 Å². The summed E-state index contributed by atoms with van der Waals surface area (Å²) in [6, 6.07) is 0. The number of rotatable bonds is 7. The van der Waals surface area contributed by atoms with Gasteiger partial charge in [0.25, 0.3) is 0 Å². The second-order valence-corrected chi connectivity index (χ2v) is 4.39. The molecule has 3 nitrogen and oxygen atoms in total. The fourth-order valence-corrected chi connectivity index (χ4v) is 0.995. The highest BCUT2D eigenvalue weighted by Gasteiger charge is 2.05. The normalized spacial score (nSPS) is 12.0. The van der Waals surface area contributed by atoms with Crippen LogP contribution >= 0.6 is 0 Å². The molecule has 0 aliphatic heterocycles. The lowest BCUT2D eigenvalue weighted by Gasteiger charge is -2.20. The van der Waals surface area contributed by atoms with Crippen molar-refractivity contribution in [2.75, 3.05) is 19.6 Å². The molecule has 0 bridgehead atoms. The minimum Gasteiger partial charge on any atom is -0.328 e. The van der Waals surface area contributed by atoms with E-state index in [1.807, 2.05) is 0 Å². The summed E-state index contributed by atoms with van der Waals surface area (Å²) in [4.78, 5) is 0. The van der Waals surface area contributed by atoms with E-state index in [1.54, 1.807) is 0 Å². The van der Waals surface area contributed by atoms with Crippen molar-refractivity contribution >= 4 is 0 Å². The third-order valence-corrected chi connectivity index (χ3v) is 1.78. The zero-order valence-corrected chi connectivity index (χ0v) is 9.43. The monoisotopic (exact) mass is 187 g/mol. The minimum atomic E-state index is 0.268. The third-order valence-electron chi connectivity index (χ3n) is 1.78. The lowest BCUT2D eigenvalue weighted by atomic mass is 10.2. The van der Waals surface area contributed by atoms with Crippen LogP contribution in [0.1, 0.15) is 27.7 Å². The Morgan fingerprint density at radius 2 is 1.31 bits per heavy atom. The van der Waals surface area contributed by atoms with Gasteiger partial charge >= 0.3 is 0 Å². The predicted molar refractivity (Wildman–Crippen MR) is 58.5 cm³/mol. The van der Waals surface area contributed by atoms with Gasteiger partial charge in [-0.3, -0.25) is 0 Å². The van der Waals surface area contributed by atoms with E-state index < -0.39 is 0 Å². The molecule has 0 unspecified atom stereocenters. The van der Waals surface area contributed by atoms with Crippen LogP contribution in [0.4, 0.5) is 0 Å². The summed E-state index contributed by atoms with van der Waals surface area (Å²) in [5.41, 5.74) is 5.62. The fourth-order valence-electron chi connectivity index (χ4n) is 0.995. The maximum atomic E-state index is 5.62. The zero-order valence-electron chi connectivity index (χ0n) is 9.43. The van der Waals surface area contributed by atoms with Crippen molar-refractivity contribution in [1.82, 2.24) is 10.6 Å². The van der Waals surface area contributed by atoms with Crippen molar-refractivity contribution in [3.05, 3.63) is 0 Å². The Morgan fingerprint density at radius 1 is 0.923 bits per heavy atom. The van der Waals surface area contributed by atoms with E-state index in [-0.39, 0.29) is 6.17 Å². The van der Waals surface area contributed by atoms with Crippen LogP contribution in [0.25, 0.3) is 0 Å². The molecule has 0 aliphatic carbocycles. The van der Waals surface area contributed by atoms with Crippen molar-refractivity contribution in [3.8, 4) is 0 Å². The molecule has 0 aromatic rings. The van der Waals surface area contributed by atoms with Crippen LogP contribution in [-0.4, -0.2) is 25.8 Å². The van der Waals surface area contributed by atoms with Crippen molar-refractivity contribution < 1.29 is 0 Å². The van der Waals surface area contributed by atoms with Gasteiger partial charge in [-0.15, -0.1) is 0 Å². The maximum Gasteiger partial charge on any atom is 0.0698 e. The van der Waals surface area contributed by atoms with Gasteiger partial charge in [0.05, 0.1) is 6.17 Å². The van der Waals surface area contributed by atoms with Crippen LogP contribution in [0, 0.1) is 11.8 Å². The molecule has 13 heavy (non-hydrogen) atoms. The van der Waals surface area contributed by atoms with E-state index in [9.17, 15) is 0 Å². The van der Waals surface area contributed by atoms with Crippen molar-refractivity contribution in [2.45, 2.75) is 33.9 Å². The van der Waals surface area contributed by atoms with Crippen molar-refractivity contribution in [2.24, 2.45) is 17.6 Å². The quantitative estimate of drug-likeness (QED) is 0.516. The van der Waals surface area contributed by atoms with Crippen LogP contribution in [0.5, 0.6) is 0 Å². The molecule has 0 radical (unpaired) electrons. The summed E-state index contributed by atoms with van der Waals surface area (Å²) in [6.07, 6.45) is 0.268. The Hall–Kier alpha value is -0.120. The first-order valence-corrected chi connectivity index (χ1v) is 5.23. The molecule has 0 aromatic heterocycles. The number of hydrogen-bond donors (Lipinski definition) is 3. The molecule has 0 saturated carbocycles. The summed E-state index contributed by atoms with van der Waals surface area (Å²) in [7, 11) is 0. The van der Waals surface area contributed by atoms with E-state index in [0.717, 1.165) is 13.1 Å². The van der Waals surface area contributed by atoms with Gasteiger partial charge in [-0.25, -0.2) is 0 Å². The van der Waals surface area contributed by atoms with E-state index in [4.69, 9.17) is 5.73 Å². The number of nitrogens with one attached hydrogen (secondary N) is 2. The summed E-state index contributed by atoms with van der Waals surface area (Å²) in [6.45, 7) is 11.5. The average Bonchev–Trinajstić information content (AvgIpc) is 2.04. The molecule has 0 fully saturated rings. The molecule has 0 aromatic carbocycles. The van der Waals surface area contributed by atoms with Crippen LogP contribution in [0.15, 0.2) is 0 Å². The van der Waals surface area contributed by atoms with Crippen LogP contribution in [0.3, 0.4) is 0 Å². The van der Waals surface area contributed by atoms with Gasteiger partial charge < -0.3 is 16.4 Å². The van der Waals surface area contributed by atoms with Crippen molar-refractivity contribution in [1.29, 1.82) is 0 Å². The molecule has 0 saturated heterocycles. The lowest BCUT2D eigenvalue weighted by molar-refractivity contribution is 0.384. The summed E-state index contributed by atoms with van der Waals surface area (Å²) < 4.78 is 0. The van der Waals surface area contributed by atoms with E-state index in [2.05, 4.69) is 38.3 Å². The molecule has 4 N–H and O–H groups in total. The number of nitrogens with two attached hydrogens (primary N) is 1. The SMILES string of the molecule is CC(C)CNC(CN)NCC(C)C. The highest BCUT2D eigenvalue weighted by atomic mass is 15.1. The van der Waals surface area contributed by atoms with E-state index >= 15 is 0 Å². The van der Waals surface area contributed by atoms with Gasteiger partial charge in [0.2, 0.25) is 0 Å². The first-order valence-electron chi connectivity index (χ1n) is 5.23. The second-order valence-electron chi connectivity index (χ2n) is 4.39. The molecule has 3 heteroatoms. The zero-order chi connectivity index (χ0) is 10.3. The molecule has 0 atom stereocenters. The van der Waals surface area contributed by atoms with Crippen LogP contribution in [0.2, 0.25) is 0 Å². The van der Waals surface area contributed by atoms with Crippen LogP contribution in [-0.2, 0) is 0 Å². The third kappa shape index (κ3) is 8.22. The molecule has 0 heterocycles. The summed E-state index contributed by atoms with van der Waals surface area (Å²) >= 11 is 0. The van der Waals surface area contributed by atoms with E-state index in [0.29, 0.717) is 18.4 Å². The number of hydrogen-bond acceptors (Lipinski definition) is 3. The largest absolute Gasteiger partial charge is 0.328 e. The molecule has 0 rings (SSSR count). The Morgan fingerprint density at radius 3 is 1.54 bits per heavy atom. The predicted octanol–water partition coefficient (Wildman–Crippen LogP) is 0.762.